The lowest BCUT2D eigenvalue weighted by Crippen LogP contribution is -2.62. The van der Waals surface area contributed by atoms with Crippen LogP contribution < -0.4 is 5.11 Å². The fourth-order valence-corrected chi connectivity index (χ4v) is 11.3. The van der Waals surface area contributed by atoms with Crippen LogP contribution in [0.4, 0.5) is 0 Å². The molecular weight excluding hydrogens is 408 g/mol. The van der Waals surface area contributed by atoms with E-state index in [1.165, 1.54) is 51.4 Å². The standard InChI is InChI=1S/C30H50O3/c1-19(2)8-7-9-20(3)21-12-14-27(5)22-10-11-23-28(6,25(32)33)24(31)13-15-29(23)18-30(22,29)17-16-26(21,27)4/h19-24,31H,7-18H2,1-6H3,(H,32,33)/p-1/t20-,21-,22+,23+,24+,26-,27+,28+,29-,30+/m1/s1. The maximum Gasteiger partial charge on any atom is 0.0649 e. The Balaban J connectivity index is 1.41. The van der Waals surface area contributed by atoms with Crippen LogP contribution in [0.1, 0.15) is 119 Å². The van der Waals surface area contributed by atoms with Gasteiger partial charge in [0.15, 0.2) is 0 Å². The van der Waals surface area contributed by atoms with Crippen molar-refractivity contribution in [3.63, 3.8) is 0 Å². The molecule has 0 aromatic rings. The first-order valence-electron chi connectivity index (χ1n) is 14.3. The lowest BCUT2D eigenvalue weighted by atomic mass is 9.41. The van der Waals surface area contributed by atoms with E-state index in [1.807, 2.05) is 6.92 Å². The summed E-state index contributed by atoms with van der Waals surface area (Å²) >= 11 is 0. The number of aliphatic hydroxyl groups excluding tert-OH is 1. The lowest BCUT2D eigenvalue weighted by molar-refractivity contribution is -0.332. The first-order chi connectivity index (χ1) is 15.4. The Morgan fingerprint density at radius 1 is 0.879 bits per heavy atom. The number of aliphatic hydroxyl groups is 1. The van der Waals surface area contributed by atoms with Crippen LogP contribution in [0.25, 0.3) is 0 Å². The molecule has 0 unspecified atom stereocenters. The number of hydrogen-bond donors (Lipinski definition) is 1. The predicted octanol–water partition coefficient (Wildman–Crippen LogP) is 5.98. The van der Waals surface area contributed by atoms with E-state index in [4.69, 9.17) is 0 Å². The number of carbonyl (C=O) groups is 1. The molecule has 0 aliphatic heterocycles. The molecule has 0 amide bonds. The van der Waals surface area contributed by atoms with Gasteiger partial charge < -0.3 is 15.0 Å². The minimum Gasteiger partial charge on any atom is -0.549 e. The monoisotopic (exact) mass is 457 g/mol. The fraction of sp³-hybridized carbons (Fsp3) is 0.967. The van der Waals surface area contributed by atoms with Crippen LogP contribution in [-0.2, 0) is 4.79 Å². The van der Waals surface area contributed by atoms with Crippen molar-refractivity contribution in [2.45, 2.75) is 125 Å². The Bertz CT molecular complexity index is 806. The molecule has 0 saturated heterocycles. The van der Waals surface area contributed by atoms with Gasteiger partial charge in [-0.2, -0.15) is 0 Å². The molecule has 0 radical (unpaired) electrons. The van der Waals surface area contributed by atoms with Crippen molar-refractivity contribution < 1.29 is 15.0 Å². The summed E-state index contributed by atoms with van der Waals surface area (Å²) in [5, 5.41) is 23.1. The van der Waals surface area contributed by atoms with Gasteiger partial charge in [0.05, 0.1) is 12.1 Å². The summed E-state index contributed by atoms with van der Waals surface area (Å²) in [6.45, 7) is 14.3. The molecule has 5 aliphatic rings. The van der Waals surface area contributed by atoms with Crippen LogP contribution in [0.2, 0.25) is 0 Å². The Morgan fingerprint density at radius 2 is 1.55 bits per heavy atom. The normalized spacial score (nSPS) is 53.6. The number of fused-ring (bicyclic) bond motifs is 2. The predicted molar refractivity (Wildman–Crippen MR) is 130 cm³/mol. The van der Waals surface area contributed by atoms with Crippen LogP contribution in [0, 0.1) is 56.7 Å². The van der Waals surface area contributed by atoms with Gasteiger partial charge in [0.2, 0.25) is 0 Å². The highest BCUT2D eigenvalue weighted by Gasteiger charge is 2.82. The summed E-state index contributed by atoms with van der Waals surface area (Å²) in [6, 6.07) is 0. The number of hydrogen-bond acceptors (Lipinski definition) is 3. The van der Waals surface area contributed by atoms with E-state index in [-0.39, 0.29) is 11.3 Å². The van der Waals surface area contributed by atoms with Gasteiger partial charge in [-0.05, 0) is 109 Å². The third-order valence-corrected chi connectivity index (χ3v) is 13.4. The van der Waals surface area contributed by atoms with E-state index in [0.29, 0.717) is 22.7 Å². The van der Waals surface area contributed by atoms with Gasteiger partial charge in [-0.1, -0.05) is 60.8 Å². The molecule has 188 valence electrons. The Labute approximate surface area is 202 Å². The molecule has 3 heteroatoms. The molecule has 0 bridgehead atoms. The topological polar surface area (TPSA) is 60.4 Å². The molecule has 33 heavy (non-hydrogen) atoms. The quantitative estimate of drug-likeness (QED) is 0.534. The maximum absolute atomic E-state index is 12.3. The van der Waals surface area contributed by atoms with Crippen molar-refractivity contribution in [3.8, 4) is 0 Å². The third kappa shape index (κ3) is 2.87. The van der Waals surface area contributed by atoms with Crippen LogP contribution >= 0.6 is 0 Å². The lowest BCUT2D eigenvalue weighted by Gasteiger charge is -2.63. The second kappa shape index (κ2) is 7.47. The van der Waals surface area contributed by atoms with Crippen molar-refractivity contribution in [2.24, 2.45) is 56.7 Å². The molecule has 5 aliphatic carbocycles. The Hall–Kier alpha value is -0.570. The van der Waals surface area contributed by atoms with E-state index in [0.717, 1.165) is 42.9 Å². The first kappa shape index (κ1) is 24.1. The Morgan fingerprint density at radius 3 is 2.21 bits per heavy atom. The Kier molecular flexibility index (Phi) is 5.46. The van der Waals surface area contributed by atoms with Crippen molar-refractivity contribution in [1.82, 2.24) is 0 Å². The van der Waals surface area contributed by atoms with E-state index in [1.54, 1.807) is 0 Å². The number of rotatable bonds is 6. The van der Waals surface area contributed by atoms with E-state index in [2.05, 4.69) is 34.6 Å². The summed E-state index contributed by atoms with van der Waals surface area (Å²) in [6.07, 6.45) is 13.7. The van der Waals surface area contributed by atoms with Gasteiger partial charge in [0, 0.05) is 5.41 Å². The number of carbonyl (C=O) groups excluding carboxylic acids is 1. The zero-order valence-corrected chi connectivity index (χ0v) is 22.2. The minimum atomic E-state index is -1.07. The van der Waals surface area contributed by atoms with Crippen molar-refractivity contribution >= 4 is 5.97 Å². The van der Waals surface area contributed by atoms with Crippen LogP contribution in [0.5, 0.6) is 0 Å². The average molecular weight is 458 g/mol. The van der Waals surface area contributed by atoms with Gasteiger partial charge >= 0.3 is 0 Å². The van der Waals surface area contributed by atoms with Crippen LogP contribution in [0.15, 0.2) is 0 Å². The van der Waals surface area contributed by atoms with E-state index < -0.39 is 17.5 Å². The number of carboxylic acid groups (broad SMARTS) is 1. The minimum absolute atomic E-state index is 0.0927. The summed E-state index contributed by atoms with van der Waals surface area (Å²) in [7, 11) is 0. The van der Waals surface area contributed by atoms with Crippen molar-refractivity contribution in [2.75, 3.05) is 0 Å². The highest BCUT2D eigenvalue weighted by molar-refractivity contribution is 5.74. The molecule has 2 spiro atoms. The highest BCUT2D eigenvalue weighted by atomic mass is 16.4. The summed E-state index contributed by atoms with van der Waals surface area (Å²) in [4.78, 5) is 12.3. The molecule has 0 aromatic heterocycles. The van der Waals surface area contributed by atoms with Crippen molar-refractivity contribution in [1.29, 1.82) is 0 Å². The molecule has 5 rings (SSSR count). The second-order valence-electron chi connectivity index (χ2n) is 14.6. The molecule has 3 nitrogen and oxygen atoms in total. The van der Waals surface area contributed by atoms with Gasteiger partial charge in [0.25, 0.3) is 0 Å². The summed E-state index contributed by atoms with van der Waals surface area (Å²) in [5.41, 5.74) is 0.205. The zero-order chi connectivity index (χ0) is 24.0. The molecule has 0 heterocycles. The van der Waals surface area contributed by atoms with Gasteiger partial charge in [0.1, 0.15) is 0 Å². The highest BCUT2D eigenvalue weighted by Crippen LogP contribution is 2.89. The first-order valence-corrected chi connectivity index (χ1v) is 14.3. The zero-order valence-electron chi connectivity index (χ0n) is 22.2. The van der Waals surface area contributed by atoms with Gasteiger partial charge in [-0.15, -0.1) is 0 Å². The van der Waals surface area contributed by atoms with Gasteiger partial charge in [-0.25, -0.2) is 0 Å². The van der Waals surface area contributed by atoms with Crippen LogP contribution in [-0.4, -0.2) is 17.2 Å². The average Bonchev–Trinajstić information content (AvgIpc) is 3.33. The molecule has 5 fully saturated rings. The molecule has 1 N–H and O–H groups in total. The maximum atomic E-state index is 12.3. The van der Waals surface area contributed by atoms with Crippen LogP contribution in [0.3, 0.4) is 0 Å². The summed E-state index contributed by atoms with van der Waals surface area (Å²) < 4.78 is 0. The molecule has 10 atom stereocenters. The van der Waals surface area contributed by atoms with Gasteiger partial charge in [-0.3, -0.25) is 0 Å². The largest absolute Gasteiger partial charge is 0.549 e. The number of carboxylic acids is 1. The summed E-state index contributed by atoms with van der Waals surface area (Å²) in [5.74, 6) is 2.26. The number of aliphatic carboxylic acids is 1. The molecular formula is C30H49O3-. The smallest absolute Gasteiger partial charge is 0.0649 e. The third-order valence-electron chi connectivity index (χ3n) is 13.4. The second-order valence-corrected chi connectivity index (χ2v) is 14.6. The van der Waals surface area contributed by atoms with E-state index >= 15 is 0 Å². The SMILES string of the molecule is CC(C)CCC[C@@H](C)[C@H]1CC[C@@]2(C)[C@@H]3CC[C@H]4[C@](C)(C(=O)[O-])[C@@H](O)CC[C@@]45C[C@@]35CC[C@]12C. The molecule has 0 aromatic carbocycles. The molecule has 5 saturated carbocycles. The van der Waals surface area contributed by atoms with Crippen molar-refractivity contribution in [3.05, 3.63) is 0 Å². The fourth-order valence-electron chi connectivity index (χ4n) is 11.3. The van der Waals surface area contributed by atoms with E-state index in [9.17, 15) is 15.0 Å².